The lowest BCUT2D eigenvalue weighted by molar-refractivity contribution is 0.168. The summed E-state index contributed by atoms with van der Waals surface area (Å²) in [5, 5.41) is 12.7. The molecule has 2 aliphatic heterocycles. The molecule has 0 saturated carbocycles. The number of nitrogens with zero attached hydrogens (tertiary/aromatic N) is 6. The molecule has 2 aliphatic rings. The third-order valence-electron chi connectivity index (χ3n) is 5.56. The molecule has 0 aliphatic carbocycles. The van der Waals surface area contributed by atoms with E-state index in [1.54, 1.807) is 10.8 Å². The van der Waals surface area contributed by atoms with Crippen LogP contribution in [0.3, 0.4) is 0 Å². The van der Waals surface area contributed by atoms with Crippen LogP contribution in [0.1, 0.15) is 22.6 Å². The van der Waals surface area contributed by atoms with E-state index in [1.807, 2.05) is 17.4 Å². The molecule has 0 aromatic carbocycles. The monoisotopic (exact) mass is 354 g/mol. The van der Waals surface area contributed by atoms with E-state index in [2.05, 4.69) is 45.1 Å². The van der Waals surface area contributed by atoms with Crippen LogP contribution in [0.4, 0.5) is 5.82 Å². The van der Waals surface area contributed by atoms with Gasteiger partial charge in [0, 0.05) is 35.4 Å². The molecule has 5 heterocycles. The summed E-state index contributed by atoms with van der Waals surface area (Å²) in [7, 11) is 0. The van der Waals surface area contributed by atoms with Crippen LogP contribution in [0.25, 0.3) is 5.65 Å². The number of piperidine rings is 1. The minimum absolute atomic E-state index is 0.566. The fourth-order valence-electron chi connectivity index (χ4n) is 4.30. The number of likely N-dealkylation sites (tertiary alicyclic amines) is 1. The van der Waals surface area contributed by atoms with Gasteiger partial charge in [-0.15, -0.1) is 26.6 Å². The molecule has 5 rings (SSSR count). The SMILES string of the molecule is Cc1ccc(CN2CCC3CCN(c4ccc5nncn5n4)C3C2)s1. The van der Waals surface area contributed by atoms with Crippen molar-refractivity contribution in [1.29, 1.82) is 0 Å². The highest BCUT2D eigenvalue weighted by molar-refractivity contribution is 7.11. The molecule has 3 aromatic heterocycles. The van der Waals surface area contributed by atoms with Crippen molar-refractivity contribution < 1.29 is 0 Å². The molecule has 0 spiro atoms. The molecule has 3 aromatic rings. The summed E-state index contributed by atoms with van der Waals surface area (Å²) in [5.74, 6) is 1.84. The lowest BCUT2D eigenvalue weighted by Gasteiger charge is -2.38. The minimum Gasteiger partial charge on any atom is -0.351 e. The van der Waals surface area contributed by atoms with Crippen LogP contribution in [-0.2, 0) is 6.54 Å². The van der Waals surface area contributed by atoms with E-state index in [9.17, 15) is 0 Å². The first kappa shape index (κ1) is 15.3. The van der Waals surface area contributed by atoms with Crippen LogP contribution >= 0.6 is 11.3 Å². The van der Waals surface area contributed by atoms with Crippen LogP contribution in [0.15, 0.2) is 30.6 Å². The van der Waals surface area contributed by atoms with Crippen molar-refractivity contribution in [2.24, 2.45) is 5.92 Å². The summed E-state index contributed by atoms with van der Waals surface area (Å²) >= 11 is 1.92. The van der Waals surface area contributed by atoms with E-state index in [4.69, 9.17) is 5.10 Å². The highest BCUT2D eigenvalue weighted by Crippen LogP contribution is 2.35. The Bertz CT molecular complexity index is 886. The highest BCUT2D eigenvalue weighted by atomic mass is 32.1. The molecule has 0 N–H and O–H groups in total. The standard InChI is InChI=1S/C18H22N6S/c1-13-2-3-15(25-13)10-22-8-6-14-7-9-23(16(14)11-22)18-5-4-17-20-19-12-24(17)21-18/h2-5,12,14,16H,6-11H2,1H3. The molecule has 2 fully saturated rings. The lowest BCUT2D eigenvalue weighted by Crippen LogP contribution is -2.48. The maximum absolute atomic E-state index is 4.72. The zero-order chi connectivity index (χ0) is 16.8. The Morgan fingerprint density at radius 2 is 2.08 bits per heavy atom. The molecule has 25 heavy (non-hydrogen) atoms. The van der Waals surface area contributed by atoms with Crippen molar-refractivity contribution in [2.75, 3.05) is 24.5 Å². The van der Waals surface area contributed by atoms with Crippen molar-refractivity contribution in [1.82, 2.24) is 24.7 Å². The Morgan fingerprint density at radius 1 is 1.16 bits per heavy atom. The van der Waals surface area contributed by atoms with Crippen molar-refractivity contribution in [3.63, 3.8) is 0 Å². The molecule has 130 valence electrons. The summed E-state index contributed by atoms with van der Waals surface area (Å²) in [6.45, 7) is 6.70. The number of aryl methyl sites for hydroxylation is 1. The predicted molar refractivity (Wildman–Crippen MR) is 99.0 cm³/mol. The highest BCUT2D eigenvalue weighted by Gasteiger charge is 2.39. The van der Waals surface area contributed by atoms with E-state index in [0.717, 1.165) is 37.0 Å². The fourth-order valence-corrected chi connectivity index (χ4v) is 5.23. The smallest absolute Gasteiger partial charge is 0.177 e. The number of hydrogen-bond acceptors (Lipinski definition) is 6. The van der Waals surface area contributed by atoms with Gasteiger partial charge in [0.2, 0.25) is 0 Å². The van der Waals surface area contributed by atoms with E-state index in [1.165, 1.54) is 29.1 Å². The van der Waals surface area contributed by atoms with Crippen molar-refractivity contribution in [3.8, 4) is 0 Å². The number of hydrogen-bond donors (Lipinski definition) is 0. The number of fused-ring (bicyclic) bond motifs is 2. The number of thiophene rings is 1. The summed E-state index contributed by atoms with van der Waals surface area (Å²) in [5.41, 5.74) is 0.804. The summed E-state index contributed by atoms with van der Waals surface area (Å²) < 4.78 is 1.78. The van der Waals surface area contributed by atoms with Crippen molar-refractivity contribution >= 4 is 22.8 Å². The Morgan fingerprint density at radius 3 is 2.96 bits per heavy atom. The normalized spacial score (nSPS) is 24.1. The van der Waals surface area contributed by atoms with Gasteiger partial charge in [0.05, 0.1) is 0 Å². The van der Waals surface area contributed by atoms with Crippen LogP contribution in [0.2, 0.25) is 0 Å². The van der Waals surface area contributed by atoms with Gasteiger partial charge in [-0.3, -0.25) is 4.90 Å². The molecule has 2 saturated heterocycles. The summed E-state index contributed by atoms with van der Waals surface area (Å²) in [6.07, 6.45) is 4.25. The molecule has 7 heteroatoms. The first-order valence-corrected chi connectivity index (χ1v) is 9.79. The zero-order valence-electron chi connectivity index (χ0n) is 14.4. The van der Waals surface area contributed by atoms with E-state index in [0.29, 0.717) is 6.04 Å². The molecule has 6 nitrogen and oxygen atoms in total. The Hall–Kier alpha value is -1.99. The van der Waals surface area contributed by atoms with Gasteiger partial charge in [-0.25, -0.2) is 0 Å². The molecule has 0 bridgehead atoms. The lowest BCUT2D eigenvalue weighted by atomic mass is 9.92. The first-order chi connectivity index (χ1) is 12.3. The van der Waals surface area contributed by atoms with E-state index >= 15 is 0 Å². The second kappa shape index (κ2) is 6.07. The van der Waals surface area contributed by atoms with Gasteiger partial charge in [-0.1, -0.05) is 0 Å². The second-order valence-corrected chi connectivity index (χ2v) is 8.54. The molecule has 0 amide bonds. The first-order valence-electron chi connectivity index (χ1n) is 8.98. The quantitative estimate of drug-likeness (QED) is 0.724. The summed E-state index contributed by atoms with van der Waals surface area (Å²) in [6, 6.07) is 9.18. The Kier molecular flexibility index (Phi) is 3.71. The maximum Gasteiger partial charge on any atom is 0.177 e. The predicted octanol–water partition coefficient (Wildman–Crippen LogP) is 2.60. The van der Waals surface area contributed by atoms with Crippen LogP contribution in [0, 0.1) is 12.8 Å². The molecule has 2 atom stereocenters. The van der Waals surface area contributed by atoms with Gasteiger partial charge in [0.1, 0.15) is 12.1 Å². The van der Waals surface area contributed by atoms with Gasteiger partial charge >= 0.3 is 0 Å². The van der Waals surface area contributed by atoms with Crippen molar-refractivity contribution in [2.45, 2.75) is 32.4 Å². The largest absolute Gasteiger partial charge is 0.351 e. The van der Waals surface area contributed by atoms with Gasteiger partial charge in [-0.2, -0.15) is 4.52 Å². The van der Waals surface area contributed by atoms with Gasteiger partial charge in [0.25, 0.3) is 0 Å². The average molecular weight is 354 g/mol. The van der Waals surface area contributed by atoms with Crippen LogP contribution < -0.4 is 4.90 Å². The third kappa shape index (κ3) is 2.81. The molecule has 0 radical (unpaired) electrons. The Balaban J connectivity index is 1.35. The van der Waals surface area contributed by atoms with E-state index < -0.39 is 0 Å². The molecule has 2 unspecified atom stereocenters. The van der Waals surface area contributed by atoms with Gasteiger partial charge in [0.15, 0.2) is 5.65 Å². The topological polar surface area (TPSA) is 49.6 Å². The maximum atomic E-state index is 4.72. The molecular formula is C18H22N6S. The average Bonchev–Trinajstić information content (AvgIpc) is 3.33. The van der Waals surface area contributed by atoms with Crippen LogP contribution in [0.5, 0.6) is 0 Å². The van der Waals surface area contributed by atoms with Crippen LogP contribution in [-0.4, -0.2) is 50.4 Å². The van der Waals surface area contributed by atoms with Gasteiger partial charge in [-0.05, 0) is 56.5 Å². The number of rotatable bonds is 3. The zero-order valence-corrected chi connectivity index (χ0v) is 15.2. The number of aromatic nitrogens is 4. The van der Waals surface area contributed by atoms with E-state index in [-0.39, 0.29) is 0 Å². The minimum atomic E-state index is 0.566. The number of anilines is 1. The van der Waals surface area contributed by atoms with Crippen molar-refractivity contribution in [3.05, 3.63) is 40.3 Å². The van der Waals surface area contributed by atoms with Gasteiger partial charge < -0.3 is 4.90 Å². The third-order valence-corrected chi connectivity index (χ3v) is 6.55. The fraction of sp³-hybridized carbons (Fsp3) is 0.500. The Labute approximate surface area is 151 Å². The molecular weight excluding hydrogens is 332 g/mol. The second-order valence-electron chi connectivity index (χ2n) is 7.17. The summed E-state index contributed by atoms with van der Waals surface area (Å²) in [4.78, 5) is 7.99.